The molecule has 0 saturated heterocycles. The maximum atomic E-state index is 12.1. The van der Waals surface area contributed by atoms with Gasteiger partial charge in [0.2, 0.25) is 5.91 Å². The predicted molar refractivity (Wildman–Crippen MR) is 81.7 cm³/mol. The molecule has 2 rings (SSSR count). The van der Waals surface area contributed by atoms with Gasteiger partial charge in [-0.05, 0) is 44.4 Å². The number of amides is 2. The Labute approximate surface area is 130 Å². The molecule has 1 aliphatic rings. The molecule has 1 fully saturated rings. The number of rotatable bonds is 7. The predicted octanol–water partition coefficient (Wildman–Crippen LogP) is 2.05. The van der Waals surface area contributed by atoms with Gasteiger partial charge in [0.1, 0.15) is 0 Å². The molecule has 0 atom stereocenters. The number of ether oxygens (including phenoxy) is 2. The summed E-state index contributed by atoms with van der Waals surface area (Å²) in [6, 6.07) is 4.97. The Morgan fingerprint density at radius 2 is 1.91 bits per heavy atom. The number of nitrogens with one attached hydrogen (secondary N) is 2. The van der Waals surface area contributed by atoms with Crippen LogP contribution in [0.5, 0.6) is 11.5 Å². The molecular formula is C16H22N2O4. The fraction of sp³-hybridized carbons (Fsp3) is 0.500. The Bertz CT molecular complexity index is 541. The zero-order chi connectivity index (χ0) is 15.9. The lowest BCUT2D eigenvalue weighted by Crippen LogP contribution is -2.42. The fourth-order valence-electron chi connectivity index (χ4n) is 1.89. The van der Waals surface area contributed by atoms with E-state index in [0.29, 0.717) is 30.3 Å². The highest BCUT2D eigenvalue weighted by atomic mass is 16.5. The average Bonchev–Trinajstić information content (AvgIpc) is 3.36. The van der Waals surface area contributed by atoms with E-state index < -0.39 is 0 Å². The Balaban J connectivity index is 2.00. The SMILES string of the molecule is CCCOc1ccc(C(=O)NNC(=O)C2CC2)cc1OCC. The molecule has 1 aliphatic carbocycles. The lowest BCUT2D eigenvalue weighted by molar-refractivity contribution is -0.123. The van der Waals surface area contributed by atoms with Gasteiger partial charge in [-0.25, -0.2) is 0 Å². The van der Waals surface area contributed by atoms with E-state index >= 15 is 0 Å². The van der Waals surface area contributed by atoms with Gasteiger partial charge in [0.05, 0.1) is 13.2 Å². The van der Waals surface area contributed by atoms with Gasteiger partial charge in [-0.2, -0.15) is 0 Å². The van der Waals surface area contributed by atoms with Gasteiger partial charge < -0.3 is 9.47 Å². The van der Waals surface area contributed by atoms with E-state index in [9.17, 15) is 9.59 Å². The molecular weight excluding hydrogens is 284 g/mol. The van der Waals surface area contributed by atoms with Crippen molar-refractivity contribution in [2.75, 3.05) is 13.2 Å². The van der Waals surface area contributed by atoms with E-state index in [-0.39, 0.29) is 17.7 Å². The minimum absolute atomic E-state index is 0.0455. The van der Waals surface area contributed by atoms with Crippen LogP contribution in [0.1, 0.15) is 43.5 Å². The van der Waals surface area contributed by atoms with E-state index in [1.807, 2.05) is 13.8 Å². The molecule has 2 N–H and O–H groups in total. The number of hydrazine groups is 1. The largest absolute Gasteiger partial charge is 0.490 e. The maximum Gasteiger partial charge on any atom is 0.269 e. The molecule has 0 aliphatic heterocycles. The minimum Gasteiger partial charge on any atom is -0.490 e. The molecule has 120 valence electrons. The van der Waals surface area contributed by atoms with Crippen LogP contribution >= 0.6 is 0 Å². The van der Waals surface area contributed by atoms with E-state index in [1.54, 1.807) is 18.2 Å². The average molecular weight is 306 g/mol. The lowest BCUT2D eigenvalue weighted by Gasteiger charge is -2.13. The molecule has 0 unspecified atom stereocenters. The van der Waals surface area contributed by atoms with Crippen LogP contribution in [0.3, 0.4) is 0 Å². The van der Waals surface area contributed by atoms with Crippen LogP contribution in [0.25, 0.3) is 0 Å². The Hall–Kier alpha value is -2.24. The van der Waals surface area contributed by atoms with Crippen molar-refractivity contribution in [3.8, 4) is 11.5 Å². The smallest absolute Gasteiger partial charge is 0.269 e. The molecule has 0 heterocycles. The summed E-state index contributed by atoms with van der Waals surface area (Å²) in [7, 11) is 0. The van der Waals surface area contributed by atoms with Crippen LogP contribution in [0, 0.1) is 5.92 Å². The number of hydrogen-bond acceptors (Lipinski definition) is 4. The molecule has 6 nitrogen and oxygen atoms in total. The van der Waals surface area contributed by atoms with Crippen LogP contribution in [0.2, 0.25) is 0 Å². The Kier molecular flexibility index (Phi) is 5.63. The highest BCUT2D eigenvalue weighted by molar-refractivity contribution is 5.96. The molecule has 2 amide bonds. The number of carbonyl (C=O) groups is 2. The Morgan fingerprint density at radius 1 is 1.14 bits per heavy atom. The molecule has 0 spiro atoms. The van der Waals surface area contributed by atoms with Crippen LogP contribution in [0.15, 0.2) is 18.2 Å². The molecule has 1 saturated carbocycles. The summed E-state index contributed by atoms with van der Waals surface area (Å²) in [5.74, 6) is 0.668. The second-order valence-corrected chi connectivity index (χ2v) is 5.16. The first-order chi connectivity index (χ1) is 10.7. The quantitative estimate of drug-likeness (QED) is 0.756. The molecule has 22 heavy (non-hydrogen) atoms. The van der Waals surface area contributed by atoms with E-state index in [2.05, 4.69) is 10.9 Å². The highest BCUT2D eigenvalue weighted by Crippen LogP contribution is 2.29. The summed E-state index contributed by atoms with van der Waals surface area (Å²) >= 11 is 0. The number of carbonyl (C=O) groups excluding carboxylic acids is 2. The molecule has 0 radical (unpaired) electrons. The van der Waals surface area contributed by atoms with Crippen molar-refractivity contribution in [1.82, 2.24) is 10.9 Å². The van der Waals surface area contributed by atoms with E-state index in [0.717, 1.165) is 19.3 Å². The third-order valence-corrected chi connectivity index (χ3v) is 3.21. The van der Waals surface area contributed by atoms with Gasteiger partial charge in [-0.15, -0.1) is 0 Å². The maximum absolute atomic E-state index is 12.1. The van der Waals surface area contributed by atoms with E-state index in [1.165, 1.54) is 0 Å². The standard InChI is InChI=1S/C16H22N2O4/c1-3-9-22-13-8-7-12(10-14(13)21-4-2)16(20)18-17-15(19)11-5-6-11/h7-8,10-11H,3-6,9H2,1-2H3,(H,17,19)(H,18,20). The van der Waals surface area contributed by atoms with Crippen LogP contribution in [-0.2, 0) is 4.79 Å². The summed E-state index contributed by atoms with van der Waals surface area (Å²) in [6.07, 6.45) is 2.67. The van der Waals surface area contributed by atoms with Crippen molar-refractivity contribution in [1.29, 1.82) is 0 Å². The molecule has 1 aromatic rings. The van der Waals surface area contributed by atoms with Gasteiger partial charge in [0, 0.05) is 11.5 Å². The van der Waals surface area contributed by atoms with Crippen molar-refractivity contribution >= 4 is 11.8 Å². The minimum atomic E-state index is -0.378. The Morgan fingerprint density at radius 3 is 2.55 bits per heavy atom. The number of benzene rings is 1. The molecule has 1 aromatic carbocycles. The van der Waals surface area contributed by atoms with Gasteiger partial charge in [0.15, 0.2) is 11.5 Å². The monoisotopic (exact) mass is 306 g/mol. The molecule has 6 heteroatoms. The first kappa shape index (κ1) is 16.1. The van der Waals surface area contributed by atoms with Gasteiger partial charge >= 0.3 is 0 Å². The van der Waals surface area contributed by atoms with Gasteiger partial charge in [-0.1, -0.05) is 6.92 Å². The fourth-order valence-corrected chi connectivity index (χ4v) is 1.89. The van der Waals surface area contributed by atoms with Crippen molar-refractivity contribution in [3.63, 3.8) is 0 Å². The van der Waals surface area contributed by atoms with Crippen molar-refractivity contribution in [3.05, 3.63) is 23.8 Å². The first-order valence-corrected chi connectivity index (χ1v) is 7.65. The van der Waals surface area contributed by atoms with Crippen LogP contribution in [-0.4, -0.2) is 25.0 Å². The highest BCUT2D eigenvalue weighted by Gasteiger charge is 2.29. The second-order valence-electron chi connectivity index (χ2n) is 5.16. The zero-order valence-corrected chi connectivity index (χ0v) is 13.0. The summed E-state index contributed by atoms with van der Waals surface area (Å²) in [6.45, 7) is 4.95. The first-order valence-electron chi connectivity index (χ1n) is 7.65. The lowest BCUT2D eigenvalue weighted by atomic mass is 10.2. The third-order valence-electron chi connectivity index (χ3n) is 3.21. The number of hydrogen-bond donors (Lipinski definition) is 2. The third kappa shape index (κ3) is 4.38. The van der Waals surface area contributed by atoms with Crippen molar-refractivity contribution in [2.45, 2.75) is 33.1 Å². The topological polar surface area (TPSA) is 76.7 Å². The molecule has 0 bridgehead atoms. The summed E-state index contributed by atoms with van der Waals surface area (Å²) in [4.78, 5) is 23.6. The van der Waals surface area contributed by atoms with Gasteiger partial charge in [0.25, 0.3) is 5.91 Å². The van der Waals surface area contributed by atoms with E-state index in [4.69, 9.17) is 9.47 Å². The summed E-state index contributed by atoms with van der Waals surface area (Å²) in [5, 5.41) is 0. The van der Waals surface area contributed by atoms with Gasteiger partial charge in [-0.3, -0.25) is 20.4 Å². The summed E-state index contributed by atoms with van der Waals surface area (Å²) < 4.78 is 11.1. The summed E-state index contributed by atoms with van der Waals surface area (Å²) in [5.41, 5.74) is 5.26. The normalized spacial score (nSPS) is 13.4. The zero-order valence-electron chi connectivity index (χ0n) is 13.0. The second kappa shape index (κ2) is 7.68. The van der Waals surface area contributed by atoms with Crippen LogP contribution < -0.4 is 20.3 Å². The van der Waals surface area contributed by atoms with Crippen LogP contribution in [0.4, 0.5) is 0 Å². The van der Waals surface area contributed by atoms with Crippen molar-refractivity contribution in [2.24, 2.45) is 5.92 Å². The molecule has 0 aromatic heterocycles. The van der Waals surface area contributed by atoms with Crippen molar-refractivity contribution < 1.29 is 19.1 Å².